The van der Waals surface area contributed by atoms with E-state index in [-0.39, 0.29) is 11.2 Å². The molecule has 2 rings (SSSR count). The number of carboxylic acids is 1. The first-order valence-corrected chi connectivity index (χ1v) is 5.66. The molecule has 0 unspecified atom stereocenters. The minimum atomic E-state index is -5.08. The highest BCUT2D eigenvalue weighted by atomic mass is 19.4. The first-order valence-electron chi connectivity index (χ1n) is 5.66. The Bertz CT molecular complexity index is 726. The number of anilines is 1. The van der Waals surface area contributed by atoms with E-state index in [1.165, 1.54) is 22.8 Å². The molecule has 0 radical (unpaired) electrons. The van der Waals surface area contributed by atoms with Crippen LogP contribution in [0.3, 0.4) is 0 Å². The van der Waals surface area contributed by atoms with E-state index in [0.717, 1.165) is 0 Å². The number of pyridine rings is 1. The Morgan fingerprint density at radius 3 is 2.23 bits per heavy atom. The number of aromatic nitrogens is 1. The van der Waals surface area contributed by atoms with Gasteiger partial charge in [-0.1, -0.05) is 6.07 Å². The fraction of sp³-hybridized carbons (Fsp3) is 0.0769. The Morgan fingerprint density at radius 2 is 1.77 bits per heavy atom. The standard InChI is InChI=1S/C11H9FN2O.C2HF3O2/c12-9-7-8(4-5-10(9)13)14-6-2-1-3-11(14)15;3-2(4,5)1(6)7/h1-7H,13H2;(H,6,7). The maximum Gasteiger partial charge on any atom is 0.490 e. The number of hydrogen-bond donors (Lipinski definition) is 2. The van der Waals surface area contributed by atoms with Gasteiger partial charge in [0.1, 0.15) is 5.82 Å². The molecule has 0 spiro atoms. The molecule has 1 heterocycles. The van der Waals surface area contributed by atoms with Gasteiger partial charge in [-0.25, -0.2) is 9.18 Å². The second kappa shape index (κ2) is 6.74. The number of carboxylic acid groups (broad SMARTS) is 1. The van der Waals surface area contributed by atoms with Crippen LogP contribution >= 0.6 is 0 Å². The average Bonchev–Trinajstić information content (AvgIpc) is 2.42. The smallest absolute Gasteiger partial charge is 0.475 e. The third-order valence-electron chi connectivity index (χ3n) is 2.33. The molecule has 0 bridgehead atoms. The summed E-state index contributed by atoms with van der Waals surface area (Å²) in [5.41, 5.74) is 5.67. The molecule has 3 N–H and O–H groups in total. The summed E-state index contributed by atoms with van der Waals surface area (Å²) in [6.45, 7) is 0. The lowest BCUT2D eigenvalue weighted by atomic mass is 10.2. The summed E-state index contributed by atoms with van der Waals surface area (Å²) in [7, 11) is 0. The van der Waals surface area contributed by atoms with Gasteiger partial charge in [-0.2, -0.15) is 13.2 Å². The summed E-state index contributed by atoms with van der Waals surface area (Å²) >= 11 is 0. The second-order valence-corrected chi connectivity index (χ2v) is 3.92. The van der Waals surface area contributed by atoms with Gasteiger partial charge in [0.2, 0.25) is 0 Å². The van der Waals surface area contributed by atoms with Gasteiger partial charge in [-0.15, -0.1) is 0 Å². The minimum Gasteiger partial charge on any atom is -0.475 e. The van der Waals surface area contributed by atoms with E-state index in [9.17, 15) is 22.4 Å². The number of carbonyl (C=O) groups is 1. The largest absolute Gasteiger partial charge is 0.490 e. The first kappa shape index (κ1) is 17.2. The molecule has 5 nitrogen and oxygen atoms in total. The number of hydrogen-bond acceptors (Lipinski definition) is 3. The number of halogens is 4. The van der Waals surface area contributed by atoms with Gasteiger partial charge in [0, 0.05) is 18.3 Å². The van der Waals surface area contributed by atoms with Crippen LogP contribution in [-0.2, 0) is 4.79 Å². The Balaban J connectivity index is 0.000000295. The third kappa shape index (κ3) is 4.62. The lowest BCUT2D eigenvalue weighted by molar-refractivity contribution is -0.192. The number of nitrogens with two attached hydrogens (primary N) is 1. The van der Waals surface area contributed by atoms with Crippen molar-refractivity contribution in [2.24, 2.45) is 0 Å². The summed E-state index contributed by atoms with van der Waals surface area (Å²) in [5.74, 6) is -3.28. The van der Waals surface area contributed by atoms with Crippen molar-refractivity contribution in [2.45, 2.75) is 6.18 Å². The lowest BCUT2D eigenvalue weighted by Gasteiger charge is -2.05. The van der Waals surface area contributed by atoms with Crippen LogP contribution < -0.4 is 11.3 Å². The number of nitrogen functional groups attached to an aromatic ring is 1. The Hall–Kier alpha value is -2.84. The highest BCUT2D eigenvalue weighted by molar-refractivity contribution is 5.73. The first-order chi connectivity index (χ1) is 10.1. The van der Waals surface area contributed by atoms with Crippen LogP contribution in [-0.4, -0.2) is 21.8 Å². The molecule has 2 aromatic rings. The average molecular weight is 318 g/mol. The molecule has 9 heteroatoms. The van der Waals surface area contributed by atoms with Gasteiger partial charge in [-0.3, -0.25) is 9.36 Å². The van der Waals surface area contributed by atoms with Gasteiger partial charge in [0.25, 0.3) is 5.56 Å². The Labute approximate surface area is 121 Å². The molecule has 0 amide bonds. The van der Waals surface area contributed by atoms with Crippen molar-refractivity contribution in [1.29, 1.82) is 0 Å². The van der Waals surface area contributed by atoms with E-state index < -0.39 is 18.0 Å². The van der Waals surface area contributed by atoms with E-state index in [2.05, 4.69) is 0 Å². The molecular formula is C13H10F4N2O3. The van der Waals surface area contributed by atoms with Crippen LogP contribution in [0.4, 0.5) is 23.2 Å². The SMILES string of the molecule is Nc1ccc(-n2ccccc2=O)cc1F.O=C(O)C(F)(F)F. The highest BCUT2D eigenvalue weighted by Crippen LogP contribution is 2.14. The molecule has 1 aromatic carbocycles. The summed E-state index contributed by atoms with van der Waals surface area (Å²) in [4.78, 5) is 20.3. The van der Waals surface area contributed by atoms with Gasteiger partial charge >= 0.3 is 12.1 Å². The fourth-order valence-electron chi connectivity index (χ4n) is 1.31. The van der Waals surface area contributed by atoms with E-state index in [4.69, 9.17) is 15.6 Å². The molecule has 0 saturated heterocycles. The zero-order chi connectivity index (χ0) is 16.9. The monoisotopic (exact) mass is 318 g/mol. The van der Waals surface area contributed by atoms with Gasteiger partial charge in [-0.05, 0) is 18.2 Å². The summed E-state index contributed by atoms with van der Waals surface area (Å²) in [5, 5.41) is 7.12. The van der Waals surface area contributed by atoms with Gasteiger partial charge < -0.3 is 10.8 Å². The summed E-state index contributed by atoms with van der Waals surface area (Å²) in [6, 6.07) is 9.01. The maximum absolute atomic E-state index is 13.2. The van der Waals surface area contributed by atoms with E-state index in [1.54, 1.807) is 24.4 Å². The highest BCUT2D eigenvalue weighted by Gasteiger charge is 2.38. The molecule has 0 aliphatic carbocycles. The van der Waals surface area contributed by atoms with Crippen LogP contribution in [0.25, 0.3) is 5.69 Å². The van der Waals surface area contributed by atoms with Crippen LogP contribution in [0.2, 0.25) is 0 Å². The van der Waals surface area contributed by atoms with Crippen molar-refractivity contribution in [3.8, 4) is 5.69 Å². The van der Waals surface area contributed by atoms with Crippen molar-refractivity contribution in [3.63, 3.8) is 0 Å². The van der Waals surface area contributed by atoms with Crippen LogP contribution in [0.15, 0.2) is 47.4 Å². The van der Waals surface area contributed by atoms with Crippen LogP contribution in [0, 0.1) is 5.82 Å². The molecule has 22 heavy (non-hydrogen) atoms. The predicted octanol–water partition coefficient (Wildman–Crippen LogP) is 2.19. The quantitative estimate of drug-likeness (QED) is 0.623. The zero-order valence-electron chi connectivity index (χ0n) is 10.8. The topological polar surface area (TPSA) is 85.3 Å². The zero-order valence-corrected chi connectivity index (χ0v) is 10.8. The van der Waals surface area contributed by atoms with Gasteiger partial charge in [0.15, 0.2) is 0 Å². The van der Waals surface area contributed by atoms with Crippen LogP contribution in [0.1, 0.15) is 0 Å². The third-order valence-corrected chi connectivity index (χ3v) is 2.33. The molecular weight excluding hydrogens is 308 g/mol. The van der Waals surface area contributed by atoms with Crippen LogP contribution in [0.5, 0.6) is 0 Å². The molecule has 0 saturated carbocycles. The normalized spacial score (nSPS) is 10.5. The minimum absolute atomic E-state index is 0.0720. The molecule has 1 aromatic heterocycles. The molecule has 0 fully saturated rings. The van der Waals surface area contributed by atoms with E-state index in [0.29, 0.717) is 5.69 Å². The van der Waals surface area contributed by atoms with Crippen molar-refractivity contribution in [1.82, 2.24) is 4.57 Å². The summed E-state index contributed by atoms with van der Waals surface area (Å²) in [6.07, 6.45) is -3.51. The second-order valence-electron chi connectivity index (χ2n) is 3.92. The number of alkyl halides is 3. The number of rotatable bonds is 1. The number of aliphatic carboxylic acids is 1. The predicted molar refractivity (Wildman–Crippen MR) is 70.1 cm³/mol. The van der Waals surface area contributed by atoms with Crippen molar-refractivity contribution < 1.29 is 27.5 Å². The number of nitrogens with zero attached hydrogens (tertiary/aromatic N) is 1. The molecule has 0 aliphatic rings. The van der Waals surface area contributed by atoms with E-state index in [1.807, 2.05) is 0 Å². The maximum atomic E-state index is 13.2. The van der Waals surface area contributed by atoms with Gasteiger partial charge in [0.05, 0.1) is 11.4 Å². The fourth-order valence-corrected chi connectivity index (χ4v) is 1.31. The van der Waals surface area contributed by atoms with E-state index >= 15 is 0 Å². The Morgan fingerprint density at radius 1 is 1.18 bits per heavy atom. The Kier molecular flexibility index (Phi) is 5.28. The number of benzene rings is 1. The van der Waals surface area contributed by atoms with Crippen molar-refractivity contribution in [3.05, 3.63) is 58.8 Å². The van der Waals surface area contributed by atoms with Crippen molar-refractivity contribution >= 4 is 11.7 Å². The molecule has 118 valence electrons. The molecule has 0 atom stereocenters. The lowest BCUT2D eigenvalue weighted by Crippen LogP contribution is -2.21. The van der Waals surface area contributed by atoms with Crippen molar-refractivity contribution in [2.75, 3.05) is 5.73 Å². The molecule has 0 aliphatic heterocycles. The summed E-state index contributed by atoms with van der Waals surface area (Å²) < 4.78 is 46.2.